The number of rotatable bonds is 8. The molecule has 4 heteroatoms. The van der Waals surface area contributed by atoms with Crippen molar-refractivity contribution in [2.45, 2.75) is 40.2 Å². The van der Waals surface area contributed by atoms with E-state index in [4.69, 9.17) is 4.74 Å². The van der Waals surface area contributed by atoms with Crippen LogP contribution in [0, 0.1) is 6.92 Å². The van der Waals surface area contributed by atoms with Crippen molar-refractivity contribution in [3.8, 4) is 11.4 Å². The summed E-state index contributed by atoms with van der Waals surface area (Å²) >= 11 is 0. The minimum absolute atomic E-state index is 0.781. The Bertz CT molecular complexity index is 546. The van der Waals surface area contributed by atoms with Crippen LogP contribution in [-0.2, 0) is 6.54 Å². The first kappa shape index (κ1) is 15.6. The molecule has 21 heavy (non-hydrogen) atoms. The Kier molecular flexibility index (Phi) is 5.81. The highest BCUT2D eigenvalue weighted by molar-refractivity contribution is 5.37. The van der Waals surface area contributed by atoms with Crippen molar-refractivity contribution in [3.05, 3.63) is 41.7 Å². The molecule has 0 saturated heterocycles. The van der Waals surface area contributed by atoms with E-state index >= 15 is 0 Å². The van der Waals surface area contributed by atoms with Gasteiger partial charge in [-0.25, -0.2) is 4.68 Å². The fourth-order valence-electron chi connectivity index (χ4n) is 2.09. The lowest BCUT2D eigenvalue weighted by Gasteiger charge is -2.06. The molecule has 0 spiro atoms. The molecule has 0 aliphatic carbocycles. The lowest BCUT2D eigenvalue weighted by atomic mass is 10.2. The van der Waals surface area contributed by atoms with Gasteiger partial charge in [-0.15, -0.1) is 0 Å². The molecule has 1 heterocycles. The molecular weight excluding hydrogens is 262 g/mol. The summed E-state index contributed by atoms with van der Waals surface area (Å²) in [6.07, 6.45) is 4.33. The highest BCUT2D eigenvalue weighted by Crippen LogP contribution is 2.17. The number of nitrogens with one attached hydrogen (secondary N) is 1. The molecule has 0 saturated carbocycles. The number of aryl methyl sites for hydroxylation is 1. The van der Waals surface area contributed by atoms with E-state index in [-0.39, 0.29) is 0 Å². The summed E-state index contributed by atoms with van der Waals surface area (Å²) in [7, 11) is 0. The van der Waals surface area contributed by atoms with Crippen molar-refractivity contribution in [1.29, 1.82) is 0 Å². The molecule has 114 valence electrons. The second kappa shape index (κ2) is 7.84. The van der Waals surface area contributed by atoms with E-state index in [1.165, 1.54) is 5.56 Å². The quantitative estimate of drug-likeness (QED) is 0.756. The van der Waals surface area contributed by atoms with Crippen molar-refractivity contribution in [2.75, 3.05) is 13.2 Å². The summed E-state index contributed by atoms with van der Waals surface area (Å²) in [5.74, 6) is 0.920. The molecule has 0 fully saturated rings. The standard InChI is InChI=1S/C17H25N3O/c1-4-6-11-21-17-9-7-16(8-10-17)20-13-15(12-18-5-2)14(3)19-20/h7-10,13,18H,4-6,11-12H2,1-3H3. The van der Waals surface area contributed by atoms with Crippen LogP contribution in [0.2, 0.25) is 0 Å². The topological polar surface area (TPSA) is 39.1 Å². The van der Waals surface area contributed by atoms with Crippen LogP contribution < -0.4 is 10.1 Å². The summed E-state index contributed by atoms with van der Waals surface area (Å²) in [5, 5.41) is 7.91. The zero-order valence-electron chi connectivity index (χ0n) is 13.2. The average Bonchev–Trinajstić information content (AvgIpc) is 2.87. The Morgan fingerprint density at radius 3 is 2.62 bits per heavy atom. The van der Waals surface area contributed by atoms with Crippen molar-refractivity contribution in [2.24, 2.45) is 0 Å². The third kappa shape index (κ3) is 4.33. The van der Waals surface area contributed by atoms with Crippen LogP contribution in [0.15, 0.2) is 30.5 Å². The molecule has 0 amide bonds. The molecule has 2 rings (SSSR count). The summed E-state index contributed by atoms with van der Waals surface area (Å²) in [6, 6.07) is 8.10. The molecular formula is C17H25N3O. The number of ether oxygens (including phenoxy) is 1. The number of aromatic nitrogens is 2. The zero-order valence-corrected chi connectivity index (χ0v) is 13.2. The van der Waals surface area contributed by atoms with E-state index in [0.29, 0.717) is 0 Å². The van der Waals surface area contributed by atoms with Gasteiger partial charge in [0, 0.05) is 18.3 Å². The largest absolute Gasteiger partial charge is 0.494 e. The number of hydrogen-bond donors (Lipinski definition) is 1. The van der Waals surface area contributed by atoms with Gasteiger partial charge in [0.05, 0.1) is 18.0 Å². The number of nitrogens with zero attached hydrogens (tertiary/aromatic N) is 2. The predicted octanol–water partition coefficient (Wildman–Crippen LogP) is 3.47. The van der Waals surface area contributed by atoms with Crippen molar-refractivity contribution >= 4 is 0 Å². The number of benzene rings is 1. The van der Waals surface area contributed by atoms with Crippen LogP contribution in [0.4, 0.5) is 0 Å². The van der Waals surface area contributed by atoms with Gasteiger partial charge in [0.2, 0.25) is 0 Å². The molecule has 1 aromatic carbocycles. The Morgan fingerprint density at radius 2 is 1.95 bits per heavy atom. The summed E-state index contributed by atoms with van der Waals surface area (Å²) in [4.78, 5) is 0. The maximum Gasteiger partial charge on any atom is 0.119 e. The van der Waals surface area contributed by atoms with Gasteiger partial charge in [0.25, 0.3) is 0 Å². The van der Waals surface area contributed by atoms with Gasteiger partial charge in [-0.2, -0.15) is 5.10 Å². The highest BCUT2D eigenvalue weighted by Gasteiger charge is 2.06. The van der Waals surface area contributed by atoms with E-state index in [2.05, 4.69) is 30.5 Å². The molecule has 4 nitrogen and oxygen atoms in total. The third-order valence-corrected chi connectivity index (χ3v) is 3.43. The molecule has 2 aromatic rings. The first-order valence-electron chi connectivity index (χ1n) is 7.73. The summed E-state index contributed by atoms with van der Waals surface area (Å²) < 4.78 is 7.61. The van der Waals surface area contributed by atoms with E-state index < -0.39 is 0 Å². The van der Waals surface area contributed by atoms with Crippen LogP contribution in [0.5, 0.6) is 5.75 Å². The van der Waals surface area contributed by atoms with Gasteiger partial charge >= 0.3 is 0 Å². The molecule has 0 bridgehead atoms. The van der Waals surface area contributed by atoms with Gasteiger partial charge in [-0.1, -0.05) is 20.3 Å². The van der Waals surface area contributed by atoms with E-state index in [1.54, 1.807) is 0 Å². The summed E-state index contributed by atoms with van der Waals surface area (Å²) in [5.41, 5.74) is 3.36. The maximum atomic E-state index is 5.68. The molecule has 1 aromatic heterocycles. The van der Waals surface area contributed by atoms with Crippen molar-refractivity contribution in [1.82, 2.24) is 15.1 Å². The lowest BCUT2D eigenvalue weighted by Crippen LogP contribution is -2.11. The first-order valence-corrected chi connectivity index (χ1v) is 7.73. The molecule has 0 aliphatic rings. The Labute approximate surface area is 127 Å². The number of unbranched alkanes of at least 4 members (excludes halogenated alkanes) is 1. The van der Waals surface area contributed by atoms with Gasteiger partial charge < -0.3 is 10.1 Å². The minimum atomic E-state index is 0.781. The van der Waals surface area contributed by atoms with Crippen LogP contribution in [0.3, 0.4) is 0 Å². The summed E-state index contributed by atoms with van der Waals surface area (Å²) in [6.45, 7) is 8.93. The molecule has 0 radical (unpaired) electrons. The van der Waals surface area contributed by atoms with Crippen LogP contribution in [0.25, 0.3) is 5.69 Å². The Morgan fingerprint density at radius 1 is 1.19 bits per heavy atom. The van der Waals surface area contributed by atoms with E-state index in [9.17, 15) is 0 Å². The van der Waals surface area contributed by atoms with Crippen LogP contribution in [0.1, 0.15) is 37.9 Å². The average molecular weight is 287 g/mol. The Hall–Kier alpha value is -1.81. The maximum absolute atomic E-state index is 5.68. The van der Waals surface area contributed by atoms with E-state index in [0.717, 1.165) is 49.7 Å². The number of hydrogen-bond acceptors (Lipinski definition) is 3. The zero-order chi connectivity index (χ0) is 15.1. The molecule has 0 aliphatic heterocycles. The lowest BCUT2D eigenvalue weighted by molar-refractivity contribution is 0.309. The van der Waals surface area contributed by atoms with Gasteiger partial charge in [0.15, 0.2) is 0 Å². The second-order valence-corrected chi connectivity index (χ2v) is 5.16. The van der Waals surface area contributed by atoms with Gasteiger partial charge in [-0.05, 0) is 44.2 Å². The predicted molar refractivity (Wildman–Crippen MR) is 86.1 cm³/mol. The molecule has 1 N–H and O–H groups in total. The fourth-order valence-corrected chi connectivity index (χ4v) is 2.09. The van der Waals surface area contributed by atoms with Crippen molar-refractivity contribution < 1.29 is 4.74 Å². The highest BCUT2D eigenvalue weighted by atomic mass is 16.5. The minimum Gasteiger partial charge on any atom is -0.494 e. The van der Waals surface area contributed by atoms with Crippen LogP contribution in [-0.4, -0.2) is 22.9 Å². The molecule has 0 unspecified atom stereocenters. The monoisotopic (exact) mass is 287 g/mol. The smallest absolute Gasteiger partial charge is 0.119 e. The normalized spacial score (nSPS) is 10.8. The molecule has 0 atom stereocenters. The van der Waals surface area contributed by atoms with E-state index in [1.807, 2.05) is 35.9 Å². The van der Waals surface area contributed by atoms with Crippen molar-refractivity contribution in [3.63, 3.8) is 0 Å². The Balaban J connectivity index is 2.04. The van der Waals surface area contributed by atoms with Gasteiger partial charge in [0.1, 0.15) is 5.75 Å². The fraction of sp³-hybridized carbons (Fsp3) is 0.471. The van der Waals surface area contributed by atoms with Gasteiger partial charge in [-0.3, -0.25) is 0 Å². The first-order chi connectivity index (χ1) is 10.2. The second-order valence-electron chi connectivity index (χ2n) is 5.16. The third-order valence-electron chi connectivity index (χ3n) is 3.43. The van der Waals surface area contributed by atoms with Crippen LogP contribution >= 0.6 is 0 Å². The SMILES string of the molecule is CCCCOc1ccc(-n2cc(CNCC)c(C)n2)cc1.